The van der Waals surface area contributed by atoms with E-state index in [-0.39, 0.29) is 70.8 Å². The van der Waals surface area contributed by atoms with Gasteiger partial charge in [-0.1, -0.05) is 12.1 Å². The van der Waals surface area contributed by atoms with E-state index in [1.807, 2.05) is 5.01 Å². The Balaban J connectivity index is 0.00000400. The highest BCUT2D eigenvalue weighted by atomic mass is 35.5. The Labute approximate surface area is 267 Å². The summed E-state index contributed by atoms with van der Waals surface area (Å²) in [5.74, 6) is -2.21. The number of aliphatic hydroxyl groups is 2. The van der Waals surface area contributed by atoms with Gasteiger partial charge in [0.05, 0.1) is 47.8 Å². The molecule has 0 bridgehead atoms. The number of hydrazone groups is 1. The summed E-state index contributed by atoms with van der Waals surface area (Å²) < 4.78 is 17.6. The lowest BCUT2D eigenvalue weighted by Gasteiger charge is -2.43. The minimum Gasteiger partial charge on any atom is -0.507 e. The van der Waals surface area contributed by atoms with E-state index in [9.17, 15) is 30.0 Å². The number of aromatic hydroxyl groups is 2. The fourth-order valence-electron chi connectivity index (χ4n) is 6.95. The quantitative estimate of drug-likeness (QED) is 0.203. The van der Waals surface area contributed by atoms with E-state index >= 15 is 0 Å². The van der Waals surface area contributed by atoms with Crippen LogP contribution in [0.1, 0.15) is 95.0 Å². The van der Waals surface area contributed by atoms with Crippen LogP contribution in [0.15, 0.2) is 23.3 Å². The molecule has 0 radical (unpaired) electrons. The lowest BCUT2D eigenvalue weighted by atomic mass is 9.71. The predicted molar refractivity (Wildman–Crippen MR) is 165 cm³/mol. The number of ether oxygens (including phenoxy) is 3. The van der Waals surface area contributed by atoms with Crippen molar-refractivity contribution in [3.63, 3.8) is 0 Å². The number of hydrogen-bond acceptors (Lipinski definition) is 12. The van der Waals surface area contributed by atoms with Crippen molar-refractivity contribution in [2.24, 2.45) is 10.8 Å². The molecule has 0 spiro atoms. The standard InChI is InChI=1S/C32H39N3O9.ClH/c1-15-27(36)19(33)12-22(43-15)44-21-14-32(41,16(2)34-35-10-5-4-6-11-35)13-18-24(21)31(40)26-25(29(18)38)28(37)17-8-7-9-20(42-3)23(17)30(26)39;/h7-9,15,19,21-22,27,36,38,40-41H,4-6,10-14,33H2,1-3H3;1H/b34-16+;/t15-,19-,21?,22-,27+,32?;/m1./s1. The van der Waals surface area contributed by atoms with Crippen LogP contribution in [0.5, 0.6) is 17.2 Å². The maximum Gasteiger partial charge on any atom is 0.202 e. The number of carbonyl (C=O) groups excluding carboxylic acids is 2. The second-order valence-electron chi connectivity index (χ2n) is 12.3. The second-order valence-corrected chi connectivity index (χ2v) is 12.3. The average molecular weight is 646 g/mol. The molecule has 0 aromatic heterocycles. The SMILES string of the molecule is COc1cccc2c1C(=O)c1c(O)c3c(c(O)c1C2=O)CC(O)(/C(C)=N/N1CCCCC1)CC3O[C@@H]1C[C@@H](N)[C@@H](O)[C@@H](C)O1.Cl. The van der Waals surface area contributed by atoms with Crippen LogP contribution >= 0.6 is 12.4 Å². The number of methoxy groups -OCH3 is 1. The van der Waals surface area contributed by atoms with Gasteiger partial charge >= 0.3 is 0 Å². The van der Waals surface area contributed by atoms with Crippen molar-refractivity contribution in [2.45, 2.75) is 88.6 Å². The number of piperidine rings is 1. The van der Waals surface area contributed by atoms with E-state index in [0.29, 0.717) is 5.71 Å². The second kappa shape index (κ2) is 12.5. The van der Waals surface area contributed by atoms with Gasteiger partial charge in [-0.05, 0) is 39.2 Å². The number of nitrogens with zero attached hydrogens (tertiary/aromatic N) is 2. The number of phenolic OH excluding ortho intramolecular Hbond substituents is 2. The smallest absolute Gasteiger partial charge is 0.202 e. The molecule has 6 atom stereocenters. The van der Waals surface area contributed by atoms with E-state index in [0.717, 1.165) is 32.4 Å². The summed E-state index contributed by atoms with van der Waals surface area (Å²) in [6, 6.07) is 3.93. The number of ketones is 2. The fraction of sp³-hybridized carbons (Fsp3) is 0.531. The molecule has 2 aliphatic carbocycles. The normalized spacial score (nSPS) is 29.8. The summed E-state index contributed by atoms with van der Waals surface area (Å²) in [7, 11) is 1.37. The van der Waals surface area contributed by atoms with Gasteiger partial charge in [-0.25, -0.2) is 0 Å². The molecule has 2 aromatic rings. The molecule has 2 saturated heterocycles. The number of nitrogens with two attached hydrogens (primary N) is 1. The van der Waals surface area contributed by atoms with Crippen LogP contribution in [-0.4, -0.2) is 93.1 Å². The highest BCUT2D eigenvalue weighted by molar-refractivity contribution is 6.31. The molecule has 0 saturated carbocycles. The van der Waals surface area contributed by atoms with E-state index in [1.54, 1.807) is 26.0 Å². The molecule has 4 aliphatic rings. The zero-order valence-electron chi connectivity index (χ0n) is 25.5. The van der Waals surface area contributed by atoms with Crippen LogP contribution in [-0.2, 0) is 15.9 Å². The Bertz CT molecular complexity index is 1530. The Morgan fingerprint density at radius 3 is 2.44 bits per heavy atom. The van der Waals surface area contributed by atoms with E-state index < -0.39 is 59.3 Å². The Morgan fingerprint density at radius 2 is 1.78 bits per heavy atom. The molecule has 6 N–H and O–H groups in total. The molecule has 2 unspecified atom stereocenters. The first-order chi connectivity index (χ1) is 20.9. The van der Waals surface area contributed by atoms with Crippen molar-refractivity contribution in [1.82, 2.24) is 5.01 Å². The number of benzene rings is 2. The number of halogens is 1. The highest BCUT2D eigenvalue weighted by Gasteiger charge is 2.49. The van der Waals surface area contributed by atoms with Crippen LogP contribution < -0.4 is 10.5 Å². The van der Waals surface area contributed by atoms with Gasteiger partial charge in [0.1, 0.15) is 22.8 Å². The molecule has 2 aliphatic heterocycles. The Hall–Kier alpha value is -3.26. The molecule has 244 valence electrons. The Morgan fingerprint density at radius 1 is 1.09 bits per heavy atom. The summed E-state index contributed by atoms with van der Waals surface area (Å²) in [5, 5.41) is 52.5. The molecular formula is C32H40ClN3O9. The summed E-state index contributed by atoms with van der Waals surface area (Å²) >= 11 is 0. The van der Waals surface area contributed by atoms with Gasteiger partial charge in [0.15, 0.2) is 12.1 Å². The van der Waals surface area contributed by atoms with E-state index in [4.69, 9.17) is 25.0 Å². The first kappa shape index (κ1) is 33.1. The van der Waals surface area contributed by atoms with E-state index in [2.05, 4.69) is 0 Å². The first-order valence-electron chi connectivity index (χ1n) is 15.1. The number of hydrogen-bond donors (Lipinski definition) is 5. The number of phenols is 2. The minimum absolute atomic E-state index is 0. The molecule has 6 rings (SSSR count). The van der Waals surface area contributed by atoms with Crippen LogP contribution in [0.3, 0.4) is 0 Å². The Kier molecular flexibility index (Phi) is 9.20. The van der Waals surface area contributed by atoms with Gasteiger partial charge in [-0.2, -0.15) is 5.10 Å². The molecule has 12 nitrogen and oxygen atoms in total. The monoisotopic (exact) mass is 645 g/mol. The average Bonchev–Trinajstić information content (AvgIpc) is 3.00. The zero-order valence-corrected chi connectivity index (χ0v) is 26.3. The van der Waals surface area contributed by atoms with Gasteiger partial charge in [0, 0.05) is 55.1 Å². The number of fused-ring (bicyclic) bond motifs is 3. The van der Waals surface area contributed by atoms with Gasteiger partial charge in [-0.3, -0.25) is 14.6 Å². The number of rotatable bonds is 5. The van der Waals surface area contributed by atoms with Gasteiger partial charge < -0.3 is 40.4 Å². The molecule has 45 heavy (non-hydrogen) atoms. The highest BCUT2D eigenvalue weighted by Crippen LogP contribution is 2.52. The molecule has 2 heterocycles. The number of aliphatic hydroxyl groups excluding tert-OH is 1. The van der Waals surface area contributed by atoms with Crippen molar-refractivity contribution in [3.05, 3.63) is 51.6 Å². The summed E-state index contributed by atoms with van der Waals surface area (Å²) in [4.78, 5) is 27.7. The predicted octanol–water partition coefficient (Wildman–Crippen LogP) is 2.72. The van der Waals surface area contributed by atoms with Gasteiger partial charge in [0.25, 0.3) is 0 Å². The topological polar surface area (TPSA) is 184 Å². The maximum absolute atomic E-state index is 13.9. The summed E-state index contributed by atoms with van der Waals surface area (Å²) in [6.07, 6.45) is -0.688. The van der Waals surface area contributed by atoms with Crippen molar-refractivity contribution in [2.75, 3.05) is 20.2 Å². The van der Waals surface area contributed by atoms with Crippen LogP contribution in [0.4, 0.5) is 0 Å². The van der Waals surface area contributed by atoms with Gasteiger partial charge in [0.2, 0.25) is 5.78 Å². The van der Waals surface area contributed by atoms with Crippen LogP contribution in [0.25, 0.3) is 0 Å². The van der Waals surface area contributed by atoms with Crippen molar-refractivity contribution in [1.29, 1.82) is 0 Å². The van der Waals surface area contributed by atoms with Crippen LogP contribution in [0.2, 0.25) is 0 Å². The maximum atomic E-state index is 13.9. The van der Waals surface area contributed by atoms with Crippen molar-refractivity contribution < 1.29 is 44.2 Å². The molecule has 0 amide bonds. The van der Waals surface area contributed by atoms with Gasteiger partial charge in [-0.15, -0.1) is 12.4 Å². The third kappa shape index (κ3) is 5.57. The molecular weight excluding hydrogens is 606 g/mol. The third-order valence-corrected chi connectivity index (χ3v) is 9.44. The van der Waals surface area contributed by atoms with Crippen molar-refractivity contribution in [3.8, 4) is 17.2 Å². The fourth-order valence-corrected chi connectivity index (χ4v) is 6.95. The first-order valence-corrected chi connectivity index (χ1v) is 15.1. The summed E-state index contributed by atoms with van der Waals surface area (Å²) in [6.45, 7) is 4.86. The number of carbonyl (C=O) groups is 2. The molecule has 2 fully saturated rings. The third-order valence-electron chi connectivity index (χ3n) is 9.44. The van der Waals surface area contributed by atoms with Crippen LogP contribution in [0, 0.1) is 0 Å². The lowest BCUT2D eigenvalue weighted by Crippen LogP contribution is -2.52. The zero-order chi connectivity index (χ0) is 31.5. The van der Waals surface area contributed by atoms with E-state index in [1.165, 1.54) is 13.2 Å². The molecule has 13 heteroatoms. The van der Waals surface area contributed by atoms with Crippen molar-refractivity contribution >= 4 is 29.7 Å². The lowest BCUT2D eigenvalue weighted by molar-refractivity contribution is -0.245. The summed E-state index contributed by atoms with van der Waals surface area (Å²) in [5.41, 5.74) is 4.38. The molecule has 2 aromatic carbocycles. The largest absolute Gasteiger partial charge is 0.507 e. The minimum atomic E-state index is -1.64.